The molecule has 2 heterocycles. The van der Waals surface area contributed by atoms with E-state index in [1.54, 1.807) is 18.2 Å². The van der Waals surface area contributed by atoms with Crippen LogP contribution in [0.2, 0.25) is 0 Å². The Morgan fingerprint density at radius 3 is 2.95 bits per heavy atom. The van der Waals surface area contributed by atoms with Crippen LogP contribution in [0.3, 0.4) is 0 Å². The van der Waals surface area contributed by atoms with E-state index in [1.807, 2.05) is 13.0 Å². The summed E-state index contributed by atoms with van der Waals surface area (Å²) in [6.07, 6.45) is 2.68. The van der Waals surface area contributed by atoms with Gasteiger partial charge < -0.3 is 9.72 Å². The van der Waals surface area contributed by atoms with Gasteiger partial charge in [-0.05, 0) is 12.1 Å². The van der Waals surface area contributed by atoms with E-state index >= 15 is 0 Å². The predicted octanol–water partition coefficient (Wildman–Crippen LogP) is 1.95. The highest BCUT2D eigenvalue weighted by Gasteiger charge is 2.30. The average Bonchev–Trinajstić information content (AvgIpc) is 2.87. The topological polar surface area (TPSA) is 75.3 Å². The lowest BCUT2D eigenvalue weighted by molar-refractivity contribution is 0.322. The molecule has 0 radical (unpaired) electrons. The maximum Gasteiger partial charge on any atom is 0.281 e. The summed E-state index contributed by atoms with van der Waals surface area (Å²) in [5, 5.41) is 0.121. The first-order valence-electron chi connectivity index (χ1n) is 6.91. The van der Waals surface area contributed by atoms with E-state index in [-0.39, 0.29) is 5.03 Å². The van der Waals surface area contributed by atoms with Gasteiger partial charge in [0, 0.05) is 19.4 Å². The number of para-hydroxylation sites is 2. The average molecular weight is 307 g/mol. The summed E-state index contributed by atoms with van der Waals surface area (Å²) >= 11 is 0. The number of ether oxygens (including phenoxy) is 1. The molecule has 112 valence electrons. The van der Waals surface area contributed by atoms with Crippen molar-refractivity contribution in [3.05, 3.63) is 36.3 Å². The van der Waals surface area contributed by atoms with E-state index in [4.69, 9.17) is 4.74 Å². The molecule has 2 aromatic rings. The van der Waals surface area contributed by atoms with E-state index in [2.05, 4.69) is 9.97 Å². The summed E-state index contributed by atoms with van der Waals surface area (Å²) in [4.78, 5) is 6.95. The zero-order valence-electron chi connectivity index (χ0n) is 11.7. The maximum absolute atomic E-state index is 12.8. The van der Waals surface area contributed by atoms with Crippen LogP contribution in [0, 0.1) is 0 Å². The number of aromatic nitrogens is 2. The minimum absolute atomic E-state index is 0.121. The summed E-state index contributed by atoms with van der Waals surface area (Å²) < 4.78 is 32.7. The van der Waals surface area contributed by atoms with Crippen molar-refractivity contribution in [2.24, 2.45) is 0 Å². The number of rotatable bonds is 3. The minimum Gasteiger partial charge on any atom is -0.491 e. The first-order chi connectivity index (χ1) is 10.1. The Labute approximate surface area is 123 Å². The molecule has 0 atom stereocenters. The first-order valence-corrected chi connectivity index (χ1v) is 8.35. The molecule has 6 nitrogen and oxygen atoms in total. The van der Waals surface area contributed by atoms with Crippen LogP contribution in [0.5, 0.6) is 5.75 Å². The van der Waals surface area contributed by atoms with Crippen molar-refractivity contribution in [3.63, 3.8) is 0 Å². The summed E-state index contributed by atoms with van der Waals surface area (Å²) in [6, 6.07) is 7.18. The largest absolute Gasteiger partial charge is 0.491 e. The van der Waals surface area contributed by atoms with Crippen LogP contribution >= 0.6 is 0 Å². The molecule has 0 saturated heterocycles. The lowest BCUT2D eigenvalue weighted by Gasteiger charge is -2.22. The highest BCUT2D eigenvalue weighted by Crippen LogP contribution is 2.34. The van der Waals surface area contributed by atoms with Gasteiger partial charge >= 0.3 is 0 Å². The van der Waals surface area contributed by atoms with Gasteiger partial charge in [-0.25, -0.2) is 4.98 Å². The Hall–Kier alpha value is -2.02. The number of anilines is 1. The Kier molecular flexibility index (Phi) is 3.59. The van der Waals surface area contributed by atoms with Gasteiger partial charge in [0.15, 0.2) is 5.03 Å². The molecule has 0 bridgehead atoms. The zero-order valence-corrected chi connectivity index (χ0v) is 12.6. The standard InChI is InChI=1S/C14H17N3O3S/c1-2-13-15-10-14(16-13)21(18,19)17-8-5-9-20-12-7-4-3-6-11(12)17/h3-4,6-7,10H,2,5,8-9H2,1H3,(H,15,16). The predicted molar refractivity (Wildman–Crippen MR) is 79.1 cm³/mol. The number of H-pyrrole nitrogens is 1. The van der Waals surface area contributed by atoms with Gasteiger partial charge in [0.2, 0.25) is 0 Å². The lowest BCUT2D eigenvalue weighted by atomic mass is 10.3. The van der Waals surface area contributed by atoms with Crippen molar-refractivity contribution < 1.29 is 13.2 Å². The van der Waals surface area contributed by atoms with Crippen molar-refractivity contribution in [1.82, 2.24) is 9.97 Å². The van der Waals surface area contributed by atoms with Gasteiger partial charge in [0.1, 0.15) is 11.6 Å². The van der Waals surface area contributed by atoms with E-state index in [0.29, 0.717) is 43.3 Å². The SMILES string of the molecule is CCc1ncc(S(=O)(=O)N2CCCOc3ccccc32)[nH]1. The fraction of sp³-hybridized carbons (Fsp3) is 0.357. The van der Waals surface area contributed by atoms with Crippen LogP contribution in [-0.2, 0) is 16.4 Å². The highest BCUT2D eigenvalue weighted by molar-refractivity contribution is 7.92. The summed E-state index contributed by atoms with van der Waals surface area (Å²) in [6.45, 7) is 2.82. The molecule has 1 aromatic carbocycles. The van der Waals surface area contributed by atoms with Crippen LogP contribution in [0.15, 0.2) is 35.5 Å². The third-order valence-corrected chi connectivity index (χ3v) is 5.13. The number of hydrogen-bond acceptors (Lipinski definition) is 4. The Morgan fingerprint density at radius 1 is 1.38 bits per heavy atom. The molecule has 0 spiro atoms. The second kappa shape index (κ2) is 5.40. The van der Waals surface area contributed by atoms with Gasteiger partial charge in [0.05, 0.1) is 18.5 Å². The number of nitrogens with one attached hydrogen (secondary N) is 1. The third kappa shape index (κ3) is 2.49. The van der Waals surface area contributed by atoms with E-state index in [0.717, 1.165) is 0 Å². The van der Waals surface area contributed by atoms with Gasteiger partial charge in [-0.3, -0.25) is 4.31 Å². The molecule has 0 saturated carbocycles. The van der Waals surface area contributed by atoms with Crippen molar-refractivity contribution in [2.75, 3.05) is 17.5 Å². The molecule has 7 heteroatoms. The Balaban J connectivity index is 2.06. The number of fused-ring (bicyclic) bond motifs is 1. The molecule has 1 aliphatic rings. The van der Waals surface area contributed by atoms with Gasteiger partial charge in [-0.2, -0.15) is 8.42 Å². The quantitative estimate of drug-likeness (QED) is 0.940. The van der Waals surface area contributed by atoms with Crippen molar-refractivity contribution in [1.29, 1.82) is 0 Å². The maximum atomic E-state index is 12.8. The second-order valence-corrected chi connectivity index (χ2v) is 6.63. The normalized spacial score (nSPS) is 15.2. The molecule has 21 heavy (non-hydrogen) atoms. The number of nitrogens with zero attached hydrogens (tertiary/aromatic N) is 2. The van der Waals surface area contributed by atoms with E-state index in [1.165, 1.54) is 10.5 Å². The molecule has 1 N–H and O–H groups in total. The summed E-state index contributed by atoms with van der Waals surface area (Å²) in [5.41, 5.74) is 0.572. The van der Waals surface area contributed by atoms with Gasteiger partial charge in [0.25, 0.3) is 10.0 Å². The zero-order chi connectivity index (χ0) is 14.9. The number of sulfonamides is 1. The second-order valence-electron chi connectivity index (χ2n) is 4.79. The number of aryl methyl sites for hydroxylation is 1. The fourth-order valence-electron chi connectivity index (χ4n) is 2.32. The highest BCUT2D eigenvalue weighted by atomic mass is 32.2. The molecule has 1 aromatic heterocycles. The number of imidazole rings is 1. The summed E-state index contributed by atoms with van der Waals surface area (Å²) in [7, 11) is -3.65. The van der Waals surface area contributed by atoms with Gasteiger partial charge in [-0.15, -0.1) is 0 Å². The fourth-order valence-corrected chi connectivity index (χ4v) is 3.77. The van der Waals surface area contributed by atoms with Gasteiger partial charge in [-0.1, -0.05) is 19.1 Å². The molecule has 0 aliphatic carbocycles. The molecular weight excluding hydrogens is 290 g/mol. The molecule has 0 unspecified atom stereocenters. The number of hydrogen-bond donors (Lipinski definition) is 1. The van der Waals surface area contributed by atoms with Crippen LogP contribution in [-0.4, -0.2) is 31.5 Å². The summed E-state index contributed by atoms with van der Waals surface area (Å²) in [5.74, 6) is 1.25. The van der Waals surface area contributed by atoms with E-state index in [9.17, 15) is 8.42 Å². The number of benzene rings is 1. The molecule has 0 fully saturated rings. The number of aromatic amines is 1. The Morgan fingerprint density at radius 2 is 2.19 bits per heavy atom. The van der Waals surface area contributed by atoms with E-state index < -0.39 is 10.0 Å². The van der Waals surface area contributed by atoms with Crippen LogP contribution in [0.4, 0.5) is 5.69 Å². The smallest absolute Gasteiger partial charge is 0.281 e. The molecule has 0 amide bonds. The van der Waals surface area contributed by atoms with Crippen LogP contribution < -0.4 is 9.04 Å². The third-order valence-electron chi connectivity index (χ3n) is 3.41. The van der Waals surface area contributed by atoms with Crippen LogP contribution in [0.25, 0.3) is 0 Å². The lowest BCUT2D eigenvalue weighted by Crippen LogP contribution is -2.31. The monoisotopic (exact) mass is 307 g/mol. The minimum atomic E-state index is -3.65. The molecule has 1 aliphatic heterocycles. The molecule has 3 rings (SSSR count). The van der Waals surface area contributed by atoms with Crippen LogP contribution in [0.1, 0.15) is 19.2 Å². The Bertz CT molecular complexity index is 739. The first kappa shape index (κ1) is 13.9. The molecular formula is C14H17N3O3S. The van der Waals surface area contributed by atoms with Crippen molar-refractivity contribution >= 4 is 15.7 Å². The van der Waals surface area contributed by atoms with Crippen molar-refractivity contribution in [3.8, 4) is 5.75 Å². The van der Waals surface area contributed by atoms with Crippen molar-refractivity contribution in [2.45, 2.75) is 24.8 Å².